The Balaban J connectivity index is 1.69. The van der Waals surface area contributed by atoms with Crippen LogP contribution in [-0.4, -0.2) is 24.8 Å². The number of thioether (sulfide) groups is 1. The number of carbonyl (C=O) groups is 1. The van der Waals surface area contributed by atoms with Crippen molar-refractivity contribution in [2.75, 3.05) is 12.9 Å². The largest absolute Gasteiger partial charge is 0.484 e. The molecule has 23 heavy (non-hydrogen) atoms. The number of nitrogens with one attached hydrogen (secondary N) is 1. The Labute approximate surface area is 142 Å². The van der Waals surface area contributed by atoms with Crippen molar-refractivity contribution >= 4 is 17.7 Å². The molecular formula is C19H23NO2S. The van der Waals surface area contributed by atoms with E-state index in [4.69, 9.17) is 4.74 Å². The fourth-order valence-corrected chi connectivity index (χ4v) is 2.65. The fraction of sp³-hybridized carbons (Fsp3) is 0.316. The molecular weight excluding hydrogens is 306 g/mol. The number of rotatable bonds is 8. The number of carbonyl (C=O) groups excluding carboxylic acids is 1. The van der Waals surface area contributed by atoms with E-state index < -0.39 is 0 Å². The monoisotopic (exact) mass is 329 g/mol. The first kappa shape index (κ1) is 17.4. The molecule has 0 heterocycles. The topological polar surface area (TPSA) is 38.3 Å². The predicted molar refractivity (Wildman–Crippen MR) is 96.1 cm³/mol. The van der Waals surface area contributed by atoms with Crippen LogP contribution in [0.5, 0.6) is 5.75 Å². The summed E-state index contributed by atoms with van der Waals surface area (Å²) in [5.74, 6) is 0.634. The quantitative estimate of drug-likeness (QED) is 0.746. The molecule has 1 N–H and O–H groups in total. The fourth-order valence-electron chi connectivity index (χ4n) is 2.24. The van der Waals surface area contributed by atoms with Gasteiger partial charge in [-0.2, -0.15) is 0 Å². The van der Waals surface area contributed by atoms with Crippen LogP contribution in [0.4, 0.5) is 0 Å². The minimum Gasteiger partial charge on any atom is -0.484 e. The number of hydrogen-bond acceptors (Lipinski definition) is 3. The molecule has 3 nitrogen and oxygen atoms in total. The van der Waals surface area contributed by atoms with E-state index in [0.717, 1.165) is 18.6 Å². The Morgan fingerprint density at radius 2 is 1.83 bits per heavy atom. The number of hydrogen-bond donors (Lipinski definition) is 1. The summed E-state index contributed by atoms with van der Waals surface area (Å²) in [5.41, 5.74) is 1.29. The summed E-state index contributed by atoms with van der Waals surface area (Å²) in [6.07, 6.45) is 3.90. The van der Waals surface area contributed by atoms with Crippen molar-refractivity contribution in [1.29, 1.82) is 0 Å². The first-order valence-electron chi connectivity index (χ1n) is 7.77. The van der Waals surface area contributed by atoms with Crippen molar-refractivity contribution in [1.82, 2.24) is 5.32 Å². The Kier molecular flexibility index (Phi) is 7.01. The lowest BCUT2D eigenvalue weighted by molar-refractivity contribution is -0.123. The van der Waals surface area contributed by atoms with Crippen LogP contribution < -0.4 is 10.1 Å². The molecule has 1 amide bonds. The molecule has 0 saturated carbocycles. The molecule has 122 valence electrons. The Hall–Kier alpha value is -1.94. The lowest BCUT2D eigenvalue weighted by Gasteiger charge is -2.14. The first-order valence-corrected chi connectivity index (χ1v) is 9.00. The second kappa shape index (κ2) is 9.26. The second-order valence-electron chi connectivity index (χ2n) is 5.46. The van der Waals surface area contributed by atoms with Crippen LogP contribution in [0.1, 0.15) is 18.9 Å². The molecule has 0 aromatic heterocycles. The highest BCUT2D eigenvalue weighted by Crippen LogP contribution is 2.18. The Morgan fingerprint density at radius 3 is 2.48 bits per heavy atom. The summed E-state index contributed by atoms with van der Waals surface area (Å²) in [4.78, 5) is 13.1. The molecule has 2 rings (SSSR count). The SMILES string of the molecule is CSc1ccc(OCC(=O)N[C@H](C)CCc2ccccc2)cc1. The smallest absolute Gasteiger partial charge is 0.258 e. The molecule has 0 aliphatic heterocycles. The average Bonchev–Trinajstić information content (AvgIpc) is 2.59. The molecule has 4 heteroatoms. The van der Waals surface area contributed by atoms with Gasteiger partial charge >= 0.3 is 0 Å². The third kappa shape index (κ3) is 6.37. The summed E-state index contributed by atoms with van der Waals surface area (Å²) in [7, 11) is 0. The third-order valence-electron chi connectivity index (χ3n) is 3.55. The highest BCUT2D eigenvalue weighted by atomic mass is 32.2. The van der Waals surface area contributed by atoms with Gasteiger partial charge in [0.1, 0.15) is 5.75 Å². The highest BCUT2D eigenvalue weighted by molar-refractivity contribution is 7.98. The molecule has 0 aliphatic rings. The molecule has 2 aromatic carbocycles. The predicted octanol–water partition coefficient (Wildman–Crippen LogP) is 3.92. The zero-order chi connectivity index (χ0) is 16.5. The summed E-state index contributed by atoms with van der Waals surface area (Å²) in [5, 5.41) is 2.97. The van der Waals surface area contributed by atoms with Crippen molar-refractivity contribution in [2.45, 2.75) is 30.7 Å². The van der Waals surface area contributed by atoms with E-state index >= 15 is 0 Å². The zero-order valence-corrected chi connectivity index (χ0v) is 14.4. The van der Waals surface area contributed by atoms with E-state index in [1.807, 2.05) is 55.6 Å². The van der Waals surface area contributed by atoms with Crippen molar-refractivity contribution in [2.24, 2.45) is 0 Å². The molecule has 0 aliphatic carbocycles. The van der Waals surface area contributed by atoms with Gasteiger partial charge in [0, 0.05) is 10.9 Å². The number of ether oxygens (including phenoxy) is 1. The van der Waals surface area contributed by atoms with Gasteiger partial charge in [-0.25, -0.2) is 0 Å². The summed E-state index contributed by atoms with van der Waals surface area (Å²) in [6.45, 7) is 2.07. The minimum absolute atomic E-state index is 0.0499. The van der Waals surface area contributed by atoms with Crippen molar-refractivity contribution < 1.29 is 9.53 Å². The van der Waals surface area contributed by atoms with Crippen LogP contribution in [0.3, 0.4) is 0 Å². The van der Waals surface area contributed by atoms with Crippen LogP contribution in [0, 0.1) is 0 Å². The van der Waals surface area contributed by atoms with E-state index in [-0.39, 0.29) is 18.6 Å². The molecule has 0 unspecified atom stereocenters. The lowest BCUT2D eigenvalue weighted by Crippen LogP contribution is -2.36. The number of benzene rings is 2. The normalized spacial score (nSPS) is 11.7. The molecule has 0 fully saturated rings. The third-order valence-corrected chi connectivity index (χ3v) is 4.29. The first-order chi connectivity index (χ1) is 11.2. The van der Waals surface area contributed by atoms with Crippen molar-refractivity contribution in [3.8, 4) is 5.75 Å². The summed E-state index contributed by atoms with van der Waals surface area (Å²) >= 11 is 1.68. The second-order valence-corrected chi connectivity index (χ2v) is 6.34. The van der Waals surface area contributed by atoms with E-state index in [1.165, 1.54) is 10.5 Å². The van der Waals surface area contributed by atoms with Crippen LogP contribution in [0.15, 0.2) is 59.5 Å². The Bertz CT molecular complexity index is 599. The van der Waals surface area contributed by atoms with Gasteiger partial charge in [-0.05, 0) is 55.9 Å². The lowest BCUT2D eigenvalue weighted by atomic mass is 10.1. The molecule has 0 saturated heterocycles. The van der Waals surface area contributed by atoms with Crippen LogP contribution in [-0.2, 0) is 11.2 Å². The van der Waals surface area contributed by atoms with Gasteiger partial charge in [0.2, 0.25) is 0 Å². The van der Waals surface area contributed by atoms with Crippen molar-refractivity contribution in [3.05, 3.63) is 60.2 Å². The van der Waals surface area contributed by atoms with E-state index in [9.17, 15) is 4.79 Å². The van der Waals surface area contributed by atoms with Gasteiger partial charge < -0.3 is 10.1 Å². The average molecular weight is 329 g/mol. The van der Waals surface area contributed by atoms with E-state index in [0.29, 0.717) is 0 Å². The number of amides is 1. The standard InChI is InChI=1S/C19H23NO2S/c1-15(8-9-16-6-4-3-5-7-16)20-19(21)14-22-17-10-12-18(23-2)13-11-17/h3-7,10-13,15H,8-9,14H2,1-2H3,(H,20,21)/t15-/m1/s1. The van der Waals surface area contributed by atoms with Gasteiger partial charge in [-0.1, -0.05) is 30.3 Å². The summed E-state index contributed by atoms with van der Waals surface area (Å²) in [6, 6.07) is 18.2. The molecule has 0 spiro atoms. The van der Waals surface area contributed by atoms with Gasteiger partial charge in [0.25, 0.3) is 5.91 Å². The van der Waals surface area contributed by atoms with Gasteiger partial charge in [-0.15, -0.1) is 11.8 Å². The van der Waals surface area contributed by atoms with Gasteiger partial charge in [0.05, 0.1) is 0 Å². The van der Waals surface area contributed by atoms with Gasteiger partial charge in [-0.3, -0.25) is 4.79 Å². The molecule has 1 atom stereocenters. The number of aryl methyl sites for hydroxylation is 1. The highest BCUT2D eigenvalue weighted by Gasteiger charge is 2.08. The molecule has 0 bridgehead atoms. The maximum atomic E-state index is 11.9. The van der Waals surface area contributed by atoms with E-state index in [1.54, 1.807) is 11.8 Å². The molecule has 2 aromatic rings. The van der Waals surface area contributed by atoms with Crippen LogP contribution in [0.25, 0.3) is 0 Å². The maximum Gasteiger partial charge on any atom is 0.258 e. The Morgan fingerprint density at radius 1 is 1.13 bits per heavy atom. The molecule has 0 radical (unpaired) electrons. The van der Waals surface area contributed by atoms with Gasteiger partial charge in [0.15, 0.2) is 6.61 Å². The van der Waals surface area contributed by atoms with Crippen molar-refractivity contribution in [3.63, 3.8) is 0 Å². The summed E-state index contributed by atoms with van der Waals surface area (Å²) < 4.78 is 5.51. The van der Waals surface area contributed by atoms with Crippen LogP contribution in [0.2, 0.25) is 0 Å². The minimum atomic E-state index is -0.0838. The van der Waals surface area contributed by atoms with E-state index in [2.05, 4.69) is 17.4 Å². The van der Waals surface area contributed by atoms with Crippen LogP contribution >= 0.6 is 11.8 Å². The maximum absolute atomic E-state index is 11.9. The zero-order valence-electron chi connectivity index (χ0n) is 13.6.